The van der Waals surface area contributed by atoms with Crippen molar-refractivity contribution in [1.29, 1.82) is 0 Å². The summed E-state index contributed by atoms with van der Waals surface area (Å²) in [7, 11) is 1.26. The molecule has 0 N–H and O–H groups in total. The van der Waals surface area contributed by atoms with Gasteiger partial charge in [-0.1, -0.05) is 29.8 Å². The molecular formula is C16H13F3O2. The van der Waals surface area contributed by atoms with E-state index in [0.717, 1.165) is 17.7 Å². The predicted molar refractivity (Wildman–Crippen MR) is 73.0 cm³/mol. The van der Waals surface area contributed by atoms with Gasteiger partial charge in [0.05, 0.1) is 18.2 Å². The van der Waals surface area contributed by atoms with E-state index >= 15 is 0 Å². The van der Waals surface area contributed by atoms with Gasteiger partial charge in [-0.05, 0) is 36.2 Å². The van der Waals surface area contributed by atoms with Crippen LogP contribution in [0.4, 0.5) is 13.2 Å². The zero-order chi connectivity index (χ0) is 15.6. The Morgan fingerprint density at radius 2 is 1.67 bits per heavy atom. The van der Waals surface area contributed by atoms with Gasteiger partial charge < -0.3 is 4.74 Å². The maximum atomic E-state index is 12.6. The van der Waals surface area contributed by atoms with Crippen molar-refractivity contribution in [3.8, 4) is 11.1 Å². The third-order valence-electron chi connectivity index (χ3n) is 3.10. The summed E-state index contributed by atoms with van der Waals surface area (Å²) in [6.45, 7) is 1.84. The lowest BCUT2D eigenvalue weighted by atomic mass is 9.96. The second-order valence-corrected chi connectivity index (χ2v) is 4.62. The molecular weight excluding hydrogens is 281 g/mol. The molecule has 0 bridgehead atoms. The highest BCUT2D eigenvalue weighted by Crippen LogP contribution is 2.32. The number of alkyl halides is 3. The van der Waals surface area contributed by atoms with E-state index < -0.39 is 17.7 Å². The number of halogens is 3. The number of ether oxygens (including phenoxy) is 1. The van der Waals surface area contributed by atoms with Crippen LogP contribution in [0.25, 0.3) is 11.1 Å². The molecule has 0 heterocycles. The van der Waals surface area contributed by atoms with Crippen molar-refractivity contribution in [2.24, 2.45) is 0 Å². The number of hydrogen-bond acceptors (Lipinski definition) is 2. The van der Waals surface area contributed by atoms with Crippen LogP contribution in [-0.4, -0.2) is 13.1 Å². The molecule has 2 nitrogen and oxygen atoms in total. The summed E-state index contributed by atoms with van der Waals surface area (Å²) in [5.41, 5.74) is 1.58. The summed E-state index contributed by atoms with van der Waals surface area (Å²) in [4.78, 5) is 11.7. The van der Waals surface area contributed by atoms with Gasteiger partial charge in [-0.2, -0.15) is 13.2 Å². The van der Waals surface area contributed by atoms with Crippen molar-refractivity contribution in [2.45, 2.75) is 13.1 Å². The molecule has 21 heavy (non-hydrogen) atoms. The van der Waals surface area contributed by atoms with Gasteiger partial charge in [-0.3, -0.25) is 0 Å². The summed E-state index contributed by atoms with van der Waals surface area (Å²) >= 11 is 0. The molecule has 0 saturated carbocycles. The Hall–Kier alpha value is -2.30. The Kier molecular flexibility index (Phi) is 4.02. The minimum atomic E-state index is -4.38. The van der Waals surface area contributed by atoms with Gasteiger partial charge >= 0.3 is 12.1 Å². The summed E-state index contributed by atoms with van der Waals surface area (Å²) in [6.07, 6.45) is -4.38. The van der Waals surface area contributed by atoms with E-state index in [4.69, 9.17) is 4.74 Å². The van der Waals surface area contributed by atoms with Crippen LogP contribution < -0.4 is 0 Å². The Balaban J connectivity index is 2.51. The van der Waals surface area contributed by atoms with Crippen molar-refractivity contribution >= 4 is 5.97 Å². The molecule has 0 aliphatic heterocycles. The van der Waals surface area contributed by atoms with E-state index in [-0.39, 0.29) is 0 Å². The molecule has 0 unspecified atom stereocenters. The average Bonchev–Trinajstić information content (AvgIpc) is 2.45. The third-order valence-corrected chi connectivity index (χ3v) is 3.10. The maximum absolute atomic E-state index is 12.6. The molecule has 0 aliphatic rings. The molecule has 0 aromatic heterocycles. The van der Waals surface area contributed by atoms with Crippen LogP contribution in [-0.2, 0) is 10.9 Å². The minimum absolute atomic E-state index is 0.322. The van der Waals surface area contributed by atoms with Gasteiger partial charge in [-0.25, -0.2) is 4.79 Å². The van der Waals surface area contributed by atoms with Gasteiger partial charge in [0, 0.05) is 0 Å². The number of benzene rings is 2. The number of carbonyl (C=O) groups is 1. The first kappa shape index (κ1) is 15.1. The zero-order valence-corrected chi connectivity index (χ0v) is 11.5. The normalized spacial score (nSPS) is 11.3. The molecule has 0 atom stereocenters. The second kappa shape index (κ2) is 5.60. The summed E-state index contributed by atoms with van der Waals surface area (Å²) in [6, 6.07) is 9.80. The van der Waals surface area contributed by atoms with Crippen molar-refractivity contribution in [3.05, 3.63) is 59.2 Å². The fourth-order valence-corrected chi connectivity index (χ4v) is 2.02. The molecule has 2 aromatic carbocycles. The highest BCUT2D eigenvalue weighted by atomic mass is 19.4. The molecule has 0 aliphatic carbocycles. The van der Waals surface area contributed by atoms with Crippen LogP contribution in [0, 0.1) is 6.92 Å². The Morgan fingerprint density at radius 3 is 2.19 bits per heavy atom. The Bertz CT molecular complexity index is 658. The fraction of sp³-hybridized carbons (Fsp3) is 0.188. The van der Waals surface area contributed by atoms with Gasteiger partial charge in [0.15, 0.2) is 0 Å². The van der Waals surface area contributed by atoms with E-state index in [0.29, 0.717) is 16.7 Å². The molecule has 2 aromatic rings. The highest BCUT2D eigenvalue weighted by Gasteiger charge is 2.30. The largest absolute Gasteiger partial charge is 0.465 e. The fourth-order valence-electron chi connectivity index (χ4n) is 2.02. The average molecular weight is 294 g/mol. The monoisotopic (exact) mass is 294 g/mol. The van der Waals surface area contributed by atoms with Crippen LogP contribution in [0.2, 0.25) is 0 Å². The number of rotatable bonds is 2. The van der Waals surface area contributed by atoms with Gasteiger partial charge in [0.2, 0.25) is 0 Å². The highest BCUT2D eigenvalue weighted by molar-refractivity contribution is 5.97. The van der Waals surface area contributed by atoms with Crippen LogP contribution in [0.1, 0.15) is 21.5 Å². The van der Waals surface area contributed by atoms with E-state index in [2.05, 4.69) is 0 Å². The van der Waals surface area contributed by atoms with Crippen LogP contribution >= 0.6 is 0 Å². The van der Waals surface area contributed by atoms with Crippen molar-refractivity contribution in [3.63, 3.8) is 0 Å². The van der Waals surface area contributed by atoms with Crippen LogP contribution in [0.15, 0.2) is 42.5 Å². The maximum Gasteiger partial charge on any atom is 0.416 e. The Morgan fingerprint density at radius 1 is 1.05 bits per heavy atom. The smallest absolute Gasteiger partial charge is 0.416 e. The zero-order valence-electron chi connectivity index (χ0n) is 11.5. The SMILES string of the molecule is COC(=O)c1ccc(C)cc1-c1ccc(C(F)(F)F)cc1. The lowest BCUT2D eigenvalue weighted by molar-refractivity contribution is -0.137. The van der Waals surface area contributed by atoms with Gasteiger partial charge in [-0.15, -0.1) is 0 Å². The lowest BCUT2D eigenvalue weighted by Gasteiger charge is -2.11. The molecule has 0 spiro atoms. The first-order chi connectivity index (χ1) is 9.82. The second-order valence-electron chi connectivity index (χ2n) is 4.62. The number of esters is 1. The van der Waals surface area contributed by atoms with Crippen molar-refractivity contribution < 1.29 is 22.7 Å². The summed E-state index contributed by atoms with van der Waals surface area (Å²) in [5, 5.41) is 0. The van der Waals surface area contributed by atoms with Crippen molar-refractivity contribution in [1.82, 2.24) is 0 Å². The van der Waals surface area contributed by atoms with E-state index in [1.165, 1.54) is 19.2 Å². The molecule has 2 rings (SSSR count). The van der Waals surface area contributed by atoms with Crippen LogP contribution in [0.5, 0.6) is 0 Å². The molecule has 0 fully saturated rings. The van der Waals surface area contributed by atoms with E-state index in [1.807, 2.05) is 6.92 Å². The molecule has 0 radical (unpaired) electrons. The third kappa shape index (κ3) is 3.24. The number of carbonyl (C=O) groups excluding carboxylic acids is 1. The molecule has 0 amide bonds. The minimum Gasteiger partial charge on any atom is -0.465 e. The van der Waals surface area contributed by atoms with Gasteiger partial charge in [0.1, 0.15) is 0 Å². The summed E-state index contributed by atoms with van der Waals surface area (Å²) in [5.74, 6) is -0.523. The van der Waals surface area contributed by atoms with E-state index in [9.17, 15) is 18.0 Å². The van der Waals surface area contributed by atoms with Gasteiger partial charge in [0.25, 0.3) is 0 Å². The number of hydrogen-bond donors (Lipinski definition) is 0. The molecule has 0 saturated heterocycles. The lowest BCUT2D eigenvalue weighted by Crippen LogP contribution is -2.05. The van der Waals surface area contributed by atoms with E-state index in [1.54, 1.807) is 18.2 Å². The molecule has 5 heteroatoms. The quantitative estimate of drug-likeness (QED) is 0.764. The predicted octanol–water partition coefficient (Wildman–Crippen LogP) is 4.47. The first-order valence-corrected chi connectivity index (χ1v) is 6.19. The standard InChI is InChI=1S/C16H13F3O2/c1-10-3-8-13(15(20)21-2)14(9-10)11-4-6-12(7-5-11)16(17,18)19/h3-9H,1-2H3. The Labute approximate surface area is 120 Å². The number of aryl methyl sites for hydroxylation is 1. The van der Waals surface area contributed by atoms with Crippen molar-refractivity contribution in [2.75, 3.05) is 7.11 Å². The molecule has 110 valence electrons. The number of methoxy groups -OCH3 is 1. The van der Waals surface area contributed by atoms with Crippen LogP contribution in [0.3, 0.4) is 0 Å². The topological polar surface area (TPSA) is 26.3 Å². The first-order valence-electron chi connectivity index (χ1n) is 6.19. The summed E-state index contributed by atoms with van der Waals surface area (Å²) < 4.78 is 42.4.